The fourth-order valence-corrected chi connectivity index (χ4v) is 3.07. The molecule has 19 heavy (non-hydrogen) atoms. The number of halogens is 1. The number of hydrogen-bond acceptors (Lipinski definition) is 2. The van der Waals surface area contributed by atoms with Crippen LogP contribution in [0.25, 0.3) is 0 Å². The van der Waals surface area contributed by atoms with E-state index in [4.69, 9.17) is 11.6 Å². The van der Waals surface area contributed by atoms with Crippen molar-refractivity contribution in [2.45, 2.75) is 44.4 Å². The van der Waals surface area contributed by atoms with Crippen LogP contribution in [0, 0.1) is 5.92 Å². The highest BCUT2D eigenvalue weighted by Gasteiger charge is 2.24. The molecule has 2 atom stereocenters. The van der Waals surface area contributed by atoms with Crippen LogP contribution in [-0.4, -0.2) is 27.6 Å². The standard InChI is InChI=1S/C14H22ClN3O/c1-3-13-11(9-18(2)17-13)14(19)16-8-10-6-4-5-7-12(10)15/h9-10,12H,3-8H2,1-2H3,(H,16,19). The van der Waals surface area contributed by atoms with Crippen LogP contribution in [0.2, 0.25) is 0 Å². The van der Waals surface area contributed by atoms with Gasteiger partial charge in [0.05, 0.1) is 11.3 Å². The van der Waals surface area contributed by atoms with Crippen LogP contribution in [0.4, 0.5) is 0 Å². The molecule has 1 aliphatic rings. The van der Waals surface area contributed by atoms with E-state index in [9.17, 15) is 4.79 Å². The van der Waals surface area contributed by atoms with Crippen molar-refractivity contribution in [3.05, 3.63) is 17.5 Å². The van der Waals surface area contributed by atoms with Crippen molar-refractivity contribution in [2.24, 2.45) is 13.0 Å². The van der Waals surface area contributed by atoms with Crippen LogP contribution in [0.3, 0.4) is 0 Å². The van der Waals surface area contributed by atoms with Crippen molar-refractivity contribution >= 4 is 17.5 Å². The maximum absolute atomic E-state index is 12.2. The minimum Gasteiger partial charge on any atom is -0.352 e. The highest BCUT2D eigenvalue weighted by atomic mass is 35.5. The van der Waals surface area contributed by atoms with E-state index in [0.29, 0.717) is 18.0 Å². The third kappa shape index (κ3) is 3.50. The van der Waals surface area contributed by atoms with Gasteiger partial charge in [-0.05, 0) is 25.2 Å². The molecule has 2 unspecified atom stereocenters. The first-order valence-electron chi connectivity index (χ1n) is 7.06. The molecule has 1 aromatic rings. The molecule has 2 rings (SSSR count). The Kier molecular flexibility index (Phi) is 4.86. The molecule has 1 N–H and O–H groups in total. The summed E-state index contributed by atoms with van der Waals surface area (Å²) in [6.07, 6.45) is 7.16. The van der Waals surface area contributed by atoms with E-state index in [0.717, 1.165) is 25.0 Å². The SMILES string of the molecule is CCc1nn(C)cc1C(=O)NCC1CCCCC1Cl. The Morgan fingerprint density at radius 3 is 2.95 bits per heavy atom. The number of alkyl halides is 1. The average molecular weight is 284 g/mol. The highest BCUT2D eigenvalue weighted by Crippen LogP contribution is 2.28. The fourth-order valence-electron chi connectivity index (χ4n) is 2.70. The second-order valence-electron chi connectivity index (χ2n) is 5.29. The number of carbonyl (C=O) groups is 1. The average Bonchev–Trinajstić information content (AvgIpc) is 2.79. The van der Waals surface area contributed by atoms with Crippen molar-refractivity contribution in [1.29, 1.82) is 0 Å². The Labute approximate surface area is 119 Å². The first-order valence-corrected chi connectivity index (χ1v) is 7.50. The van der Waals surface area contributed by atoms with Gasteiger partial charge in [-0.25, -0.2) is 0 Å². The van der Waals surface area contributed by atoms with Gasteiger partial charge in [0.2, 0.25) is 0 Å². The van der Waals surface area contributed by atoms with Crippen molar-refractivity contribution in [3.8, 4) is 0 Å². The highest BCUT2D eigenvalue weighted by molar-refractivity contribution is 6.20. The predicted molar refractivity (Wildman–Crippen MR) is 76.5 cm³/mol. The van der Waals surface area contributed by atoms with Crippen LogP contribution in [0.1, 0.15) is 48.7 Å². The molecular formula is C14H22ClN3O. The summed E-state index contributed by atoms with van der Waals surface area (Å²) in [6, 6.07) is 0. The molecule has 4 nitrogen and oxygen atoms in total. The zero-order valence-corrected chi connectivity index (χ0v) is 12.4. The normalized spacial score (nSPS) is 23.3. The zero-order valence-electron chi connectivity index (χ0n) is 11.7. The maximum Gasteiger partial charge on any atom is 0.254 e. The summed E-state index contributed by atoms with van der Waals surface area (Å²) in [6.45, 7) is 2.68. The van der Waals surface area contributed by atoms with Crippen molar-refractivity contribution < 1.29 is 4.79 Å². The van der Waals surface area contributed by atoms with Gasteiger partial charge in [0.1, 0.15) is 0 Å². The van der Waals surface area contributed by atoms with E-state index >= 15 is 0 Å². The molecule has 1 amide bonds. The molecular weight excluding hydrogens is 262 g/mol. The lowest BCUT2D eigenvalue weighted by molar-refractivity contribution is 0.0943. The lowest BCUT2D eigenvalue weighted by atomic mass is 9.88. The van der Waals surface area contributed by atoms with Gasteiger partial charge in [0.15, 0.2) is 0 Å². The molecule has 1 aliphatic carbocycles. The summed E-state index contributed by atoms with van der Waals surface area (Å²) in [5.41, 5.74) is 1.54. The fraction of sp³-hybridized carbons (Fsp3) is 0.714. The lowest BCUT2D eigenvalue weighted by Crippen LogP contribution is -2.34. The number of aryl methyl sites for hydroxylation is 2. The van der Waals surface area contributed by atoms with E-state index < -0.39 is 0 Å². The Morgan fingerprint density at radius 2 is 2.26 bits per heavy atom. The molecule has 0 aliphatic heterocycles. The van der Waals surface area contributed by atoms with Crippen molar-refractivity contribution in [3.63, 3.8) is 0 Å². The summed E-state index contributed by atoms with van der Waals surface area (Å²) in [5, 5.41) is 7.50. The van der Waals surface area contributed by atoms with E-state index in [1.807, 2.05) is 14.0 Å². The van der Waals surface area contributed by atoms with E-state index in [1.165, 1.54) is 12.8 Å². The first kappa shape index (κ1) is 14.4. The minimum absolute atomic E-state index is 0.0283. The Bertz CT molecular complexity index is 444. The van der Waals surface area contributed by atoms with E-state index in [-0.39, 0.29) is 11.3 Å². The Hall–Kier alpha value is -1.03. The predicted octanol–water partition coefficient (Wildman–Crippen LogP) is 2.51. The summed E-state index contributed by atoms with van der Waals surface area (Å²) in [4.78, 5) is 12.2. The molecule has 0 radical (unpaired) electrons. The molecule has 106 valence electrons. The van der Waals surface area contributed by atoms with Crippen molar-refractivity contribution in [2.75, 3.05) is 6.54 Å². The molecule has 1 saturated carbocycles. The second kappa shape index (κ2) is 6.42. The van der Waals surface area contributed by atoms with Gasteiger partial charge < -0.3 is 5.32 Å². The van der Waals surface area contributed by atoms with Gasteiger partial charge in [0.25, 0.3) is 5.91 Å². The summed E-state index contributed by atoms with van der Waals surface area (Å²) in [7, 11) is 1.84. The smallest absolute Gasteiger partial charge is 0.254 e. The molecule has 0 bridgehead atoms. The van der Waals surface area contributed by atoms with Crippen LogP contribution < -0.4 is 5.32 Å². The minimum atomic E-state index is -0.0283. The largest absolute Gasteiger partial charge is 0.352 e. The van der Waals surface area contributed by atoms with Crippen LogP contribution in [0.5, 0.6) is 0 Å². The number of hydrogen-bond donors (Lipinski definition) is 1. The van der Waals surface area contributed by atoms with Crippen molar-refractivity contribution in [1.82, 2.24) is 15.1 Å². The maximum atomic E-state index is 12.2. The third-order valence-electron chi connectivity index (χ3n) is 3.83. The molecule has 0 aromatic carbocycles. The van der Waals surface area contributed by atoms with Gasteiger partial charge in [-0.15, -0.1) is 11.6 Å². The molecule has 1 fully saturated rings. The summed E-state index contributed by atoms with van der Waals surface area (Å²) >= 11 is 6.31. The topological polar surface area (TPSA) is 46.9 Å². The number of rotatable bonds is 4. The summed E-state index contributed by atoms with van der Waals surface area (Å²) < 4.78 is 1.69. The molecule has 1 aromatic heterocycles. The van der Waals surface area contributed by atoms with Crippen LogP contribution in [-0.2, 0) is 13.5 Å². The van der Waals surface area contributed by atoms with E-state index in [1.54, 1.807) is 10.9 Å². The first-order chi connectivity index (χ1) is 9.11. The number of amides is 1. The number of nitrogens with zero attached hydrogens (tertiary/aromatic N) is 2. The molecule has 0 spiro atoms. The number of carbonyl (C=O) groups excluding carboxylic acids is 1. The van der Waals surface area contributed by atoms with Gasteiger partial charge in [0, 0.05) is 25.2 Å². The van der Waals surface area contributed by atoms with Gasteiger partial charge in [-0.1, -0.05) is 19.8 Å². The second-order valence-corrected chi connectivity index (χ2v) is 5.85. The molecule has 0 saturated heterocycles. The van der Waals surface area contributed by atoms with Gasteiger partial charge in [-0.2, -0.15) is 5.10 Å². The van der Waals surface area contributed by atoms with Gasteiger partial charge in [-0.3, -0.25) is 9.48 Å². The quantitative estimate of drug-likeness (QED) is 0.863. The lowest BCUT2D eigenvalue weighted by Gasteiger charge is -2.27. The van der Waals surface area contributed by atoms with E-state index in [2.05, 4.69) is 10.4 Å². The number of aromatic nitrogens is 2. The third-order valence-corrected chi connectivity index (χ3v) is 4.40. The van der Waals surface area contributed by atoms with Gasteiger partial charge >= 0.3 is 0 Å². The Morgan fingerprint density at radius 1 is 1.53 bits per heavy atom. The summed E-state index contributed by atoms with van der Waals surface area (Å²) in [5.74, 6) is 0.375. The Balaban J connectivity index is 1.93. The van der Waals surface area contributed by atoms with Crippen LogP contribution in [0.15, 0.2) is 6.20 Å². The van der Waals surface area contributed by atoms with Crippen LogP contribution >= 0.6 is 11.6 Å². The number of nitrogens with one attached hydrogen (secondary N) is 1. The monoisotopic (exact) mass is 283 g/mol. The zero-order chi connectivity index (χ0) is 13.8. The molecule has 5 heteroatoms. The molecule has 1 heterocycles.